The fourth-order valence-electron chi connectivity index (χ4n) is 8.58. The average molecular weight is 1080 g/mol. The summed E-state index contributed by atoms with van der Waals surface area (Å²) in [6.07, 6.45) is 9.19. The van der Waals surface area contributed by atoms with Crippen LogP contribution in [-0.4, -0.2) is 133 Å². The van der Waals surface area contributed by atoms with E-state index < -0.39 is 11.9 Å². The van der Waals surface area contributed by atoms with Gasteiger partial charge >= 0.3 is 30.8 Å². The molecule has 73 heavy (non-hydrogen) atoms. The summed E-state index contributed by atoms with van der Waals surface area (Å²) in [5.41, 5.74) is 4.02. The van der Waals surface area contributed by atoms with Crippen LogP contribution in [0.15, 0.2) is 42.9 Å². The summed E-state index contributed by atoms with van der Waals surface area (Å²) in [6.45, 7) is 8.02. The molecule has 0 saturated carbocycles. The molecule has 0 atom stereocenters. The van der Waals surface area contributed by atoms with E-state index in [0.29, 0.717) is 89.7 Å². The van der Waals surface area contributed by atoms with Gasteiger partial charge in [0.15, 0.2) is 32.4 Å². The smallest absolute Gasteiger partial charge is 0.870 e. The summed E-state index contributed by atoms with van der Waals surface area (Å²) in [4.78, 5) is 49.0. The Balaban J connectivity index is 0.000000178. The maximum Gasteiger partial charge on any atom is 1.00 e. The number of carbonyl (C=O) groups is 3. The molecule has 0 radical (unpaired) electrons. The number of halogens is 4. The summed E-state index contributed by atoms with van der Waals surface area (Å²) in [5, 5.41) is 27.6. The Morgan fingerprint density at radius 1 is 0.644 bits per heavy atom. The predicted molar refractivity (Wildman–Crippen MR) is 267 cm³/mol. The molecule has 3 aliphatic heterocycles. The molecule has 6 aromatic heterocycles. The second-order valence-electron chi connectivity index (χ2n) is 16.6. The summed E-state index contributed by atoms with van der Waals surface area (Å²) < 4.78 is 37.2. The SMILES string of the molecule is CCOC(=O)c1cnc2c(c(Cl)nn2C2CCOCC2)c1Cl.COc1c(C(=O)Nc2ccc(C)cc2)cnc2c1c(Cl)nn2C1CCOCC1.COc1c(C(=O)O)cnc2c1c(Cl)nn2C1CCOCC1.[Li+].[OH-]. The molecule has 0 aliphatic carbocycles. The van der Waals surface area contributed by atoms with Crippen LogP contribution in [0.5, 0.6) is 11.5 Å². The molecule has 1 aromatic carbocycles. The molecule has 1 amide bonds. The van der Waals surface area contributed by atoms with E-state index in [1.54, 1.807) is 16.3 Å². The van der Waals surface area contributed by atoms with E-state index in [-0.39, 0.29) is 92.3 Å². The summed E-state index contributed by atoms with van der Waals surface area (Å²) in [5.74, 6) is -1.38. The van der Waals surface area contributed by atoms with Gasteiger partial charge in [-0.1, -0.05) is 64.1 Å². The van der Waals surface area contributed by atoms with Gasteiger partial charge in [-0.05, 0) is 64.5 Å². The number of methoxy groups -OCH3 is 2. The quantitative estimate of drug-likeness (QED) is 0.113. The van der Waals surface area contributed by atoms with Crippen LogP contribution >= 0.6 is 46.4 Å². The van der Waals surface area contributed by atoms with Crippen molar-refractivity contribution in [3.63, 3.8) is 0 Å². The summed E-state index contributed by atoms with van der Waals surface area (Å²) >= 11 is 25.1. The number of carboxylic acid groups (broad SMARTS) is 1. The Hall–Kier alpha value is -5.31. The van der Waals surface area contributed by atoms with E-state index in [0.717, 1.165) is 44.1 Å². The second-order valence-corrected chi connectivity index (χ2v) is 18.0. The zero-order valence-electron chi connectivity index (χ0n) is 40.6. The minimum Gasteiger partial charge on any atom is -0.870 e. The Kier molecular flexibility index (Phi) is 20.1. The van der Waals surface area contributed by atoms with Crippen molar-refractivity contribution >= 4 is 103 Å². The van der Waals surface area contributed by atoms with Gasteiger partial charge < -0.3 is 44.3 Å². The van der Waals surface area contributed by atoms with Crippen molar-refractivity contribution in [2.75, 3.05) is 65.8 Å². The van der Waals surface area contributed by atoms with Crippen molar-refractivity contribution in [1.29, 1.82) is 0 Å². The summed E-state index contributed by atoms with van der Waals surface area (Å²) in [7, 11) is 2.92. The topological polar surface area (TPSA) is 261 Å². The van der Waals surface area contributed by atoms with Crippen molar-refractivity contribution in [2.45, 2.75) is 70.5 Å². The number of ether oxygens (including phenoxy) is 6. The number of fused-ring (bicyclic) bond motifs is 3. The zero-order chi connectivity index (χ0) is 50.3. The normalized spacial score (nSPS) is 15.3. The van der Waals surface area contributed by atoms with E-state index in [2.05, 4.69) is 35.6 Å². The van der Waals surface area contributed by atoms with Gasteiger partial charge in [-0.2, -0.15) is 15.3 Å². The first kappa shape index (κ1) is 57.0. The Labute approximate surface area is 450 Å². The van der Waals surface area contributed by atoms with Gasteiger partial charge in [0.05, 0.1) is 54.9 Å². The number of nitrogens with zero attached hydrogens (tertiary/aromatic N) is 9. The van der Waals surface area contributed by atoms with Crippen LogP contribution in [0.4, 0.5) is 5.69 Å². The molecule has 21 nitrogen and oxygen atoms in total. The number of aryl methyl sites for hydroxylation is 1. The van der Waals surface area contributed by atoms with Gasteiger partial charge in [0.2, 0.25) is 0 Å². The van der Waals surface area contributed by atoms with E-state index in [1.807, 2.05) is 35.9 Å². The van der Waals surface area contributed by atoms with Crippen LogP contribution < -0.4 is 33.7 Å². The molecule has 0 bridgehead atoms. The first-order chi connectivity index (χ1) is 34.3. The van der Waals surface area contributed by atoms with Crippen molar-refractivity contribution in [3.05, 3.63) is 85.6 Å². The van der Waals surface area contributed by atoms with Crippen molar-refractivity contribution in [2.24, 2.45) is 0 Å². The molecule has 26 heteroatoms. The fraction of sp³-hybridized carbons (Fsp3) is 0.426. The third-order valence-electron chi connectivity index (χ3n) is 12.2. The standard InChI is InChI=1S/C20H21ClN4O3.C14H15Cl2N3O3.C13H14ClN3O4.Li.H2O/c1-12-3-5-13(6-4-12)23-20(26)15-11-22-19-16(17(15)27-2)18(21)24-25(19)14-7-9-28-10-8-14;1-2-22-14(20)9-7-17-13-10(11(9)15)12(16)18-19(13)8-3-5-21-6-4-8;1-20-10-8(13(18)19)6-15-12-9(10)11(14)16-17(12)7-2-4-21-5-3-7;;/h3-6,11,14H,7-10H2,1-2H3,(H,23,26);7-8H,2-6H2,1H3;6-7H,2-5H2,1H3,(H,18,19);;1H2/q;;;+1;/p-1. The maximum absolute atomic E-state index is 12.8. The molecule has 0 unspecified atom stereocenters. The van der Waals surface area contributed by atoms with Crippen molar-refractivity contribution < 1.29 is 72.2 Å². The molecular formula is C47H51Cl4LiN10O11. The molecule has 7 aromatic rings. The average Bonchev–Trinajstić information content (AvgIpc) is 4.05. The fourth-order valence-corrected chi connectivity index (χ4v) is 9.69. The Morgan fingerprint density at radius 3 is 1.44 bits per heavy atom. The number of benzene rings is 1. The number of hydrogen-bond acceptors (Lipinski definition) is 16. The molecule has 384 valence electrons. The minimum atomic E-state index is -1.11. The molecule has 3 N–H and O–H groups in total. The van der Waals surface area contributed by atoms with Gasteiger partial charge in [0.25, 0.3) is 5.91 Å². The third-order valence-corrected chi connectivity index (χ3v) is 13.4. The number of aromatic nitrogens is 9. The van der Waals surface area contributed by atoms with Crippen LogP contribution in [-0.2, 0) is 18.9 Å². The molecule has 9 heterocycles. The van der Waals surface area contributed by atoms with E-state index in [9.17, 15) is 19.5 Å². The van der Waals surface area contributed by atoms with Gasteiger partial charge in [-0.3, -0.25) is 4.79 Å². The van der Waals surface area contributed by atoms with Gasteiger partial charge in [-0.25, -0.2) is 38.6 Å². The van der Waals surface area contributed by atoms with Crippen molar-refractivity contribution in [3.8, 4) is 11.5 Å². The number of rotatable bonds is 10. The molecule has 0 spiro atoms. The minimum absolute atomic E-state index is 0. The number of carbonyl (C=O) groups excluding carboxylic acids is 2. The number of nitrogens with one attached hydrogen (secondary N) is 1. The van der Waals surface area contributed by atoms with Crippen LogP contribution in [0.2, 0.25) is 20.5 Å². The Bertz CT molecular complexity index is 3070. The van der Waals surface area contributed by atoms with Crippen LogP contribution in [0, 0.1) is 6.92 Å². The molecule has 3 saturated heterocycles. The molecule has 10 rings (SSSR count). The number of anilines is 1. The van der Waals surface area contributed by atoms with Gasteiger partial charge in [-0.15, -0.1) is 0 Å². The largest absolute Gasteiger partial charge is 1.00 e. The molecule has 3 fully saturated rings. The first-order valence-corrected chi connectivity index (χ1v) is 24.3. The molecule has 3 aliphatic rings. The van der Waals surface area contributed by atoms with E-state index >= 15 is 0 Å². The van der Waals surface area contributed by atoms with Gasteiger partial charge in [0.1, 0.15) is 33.4 Å². The number of amides is 1. The predicted octanol–water partition coefficient (Wildman–Crippen LogP) is 6.24. The van der Waals surface area contributed by atoms with Crippen molar-refractivity contribution in [1.82, 2.24) is 44.3 Å². The van der Waals surface area contributed by atoms with Gasteiger partial charge in [0, 0.05) is 63.9 Å². The van der Waals surface area contributed by atoms with E-state index in [4.69, 9.17) is 74.8 Å². The first-order valence-electron chi connectivity index (χ1n) is 22.8. The summed E-state index contributed by atoms with van der Waals surface area (Å²) in [6, 6.07) is 8.03. The number of pyridine rings is 3. The second kappa shape index (κ2) is 25.8. The number of carboxylic acids is 1. The number of aromatic carboxylic acids is 1. The molecular weight excluding hydrogens is 1030 g/mol. The Morgan fingerprint density at radius 2 is 1.03 bits per heavy atom. The third kappa shape index (κ3) is 12.3. The monoisotopic (exact) mass is 1080 g/mol. The van der Waals surface area contributed by atoms with Crippen LogP contribution in [0.3, 0.4) is 0 Å². The zero-order valence-corrected chi connectivity index (χ0v) is 43.6. The maximum atomic E-state index is 12.8. The van der Waals surface area contributed by atoms with Crippen LogP contribution in [0.1, 0.15) is 100 Å². The number of esters is 1. The number of hydrogen-bond donors (Lipinski definition) is 2. The van der Waals surface area contributed by atoms with Crippen LogP contribution in [0.25, 0.3) is 33.1 Å². The van der Waals surface area contributed by atoms with E-state index in [1.165, 1.54) is 32.8 Å².